The number of nitrogens with zero attached hydrogens (tertiary/aromatic N) is 1. The topological polar surface area (TPSA) is 32.3 Å². The van der Waals surface area contributed by atoms with Crippen LogP contribution in [0.5, 0.6) is 0 Å². The highest BCUT2D eigenvalue weighted by atomic mass is 16.2. The first kappa shape index (κ1) is 7.10. The minimum absolute atomic E-state index is 0.230. The number of hydrogen-bond donors (Lipinski definition) is 1. The average molecular weight is 154 g/mol. The smallest absolute Gasteiger partial charge is 0.219 e. The van der Waals surface area contributed by atoms with Crippen molar-refractivity contribution in [3.63, 3.8) is 0 Å². The average Bonchev–Trinajstić information content (AvgIpc) is 2.28. The number of hydrogen-bond acceptors (Lipinski definition) is 2. The van der Waals surface area contributed by atoms with E-state index in [1.54, 1.807) is 6.92 Å². The minimum Gasteiger partial charge on any atom is -0.342 e. The summed E-state index contributed by atoms with van der Waals surface area (Å²) in [5.74, 6) is 0.230. The van der Waals surface area contributed by atoms with E-state index in [-0.39, 0.29) is 5.91 Å². The first-order valence-corrected chi connectivity index (χ1v) is 4.18. The molecule has 0 atom stereocenters. The maximum Gasteiger partial charge on any atom is 0.219 e. The Morgan fingerprint density at radius 3 is 2.55 bits per heavy atom. The number of carbonyl (C=O) groups excluding carboxylic acids is 1. The Morgan fingerprint density at radius 2 is 2.27 bits per heavy atom. The molecule has 11 heavy (non-hydrogen) atoms. The predicted molar refractivity (Wildman–Crippen MR) is 42.2 cm³/mol. The van der Waals surface area contributed by atoms with Crippen molar-refractivity contribution in [1.29, 1.82) is 0 Å². The highest BCUT2D eigenvalue weighted by Gasteiger charge is 2.43. The summed E-state index contributed by atoms with van der Waals surface area (Å²) < 4.78 is 0. The third-order valence-corrected chi connectivity index (χ3v) is 2.88. The van der Waals surface area contributed by atoms with E-state index in [1.165, 1.54) is 6.42 Å². The van der Waals surface area contributed by atoms with Crippen LogP contribution in [0.4, 0.5) is 0 Å². The van der Waals surface area contributed by atoms with Gasteiger partial charge in [0, 0.05) is 38.5 Å². The first-order valence-electron chi connectivity index (χ1n) is 4.18. The molecule has 3 heteroatoms. The number of rotatable bonds is 0. The van der Waals surface area contributed by atoms with Gasteiger partial charge in [-0.1, -0.05) is 0 Å². The molecule has 1 N–H and O–H groups in total. The number of nitrogens with one attached hydrogen (secondary N) is 1. The molecular formula is C8H14N2O. The van der Waals surface area contributed by atoms with Gasteiger partial charge in [0.2, 0.25) is 5.91 Å². The highest BCUT2D eigenvalue weighted by Crippen LogP contribution is 2.33. The summed E-state index contributed by atoms with van der Waals surface area (Å²) in [5.41, 5.74) is 0.464. The van der Waals surface area contributed by atoms with Crippen LogP contribution in [-0.2, 0) is 4.79 Å². The molecule has 2 heterocycles. The zero-order valence-electron chi connectivity index (χ0n) is 6.89. The molecule has 2 rings (SSSR count). The van der Waals surface area contributed by atoms with Crippen LogP contribution in [0.15, 0.2) is 0 Å². The zero-order valence-corrected chi connectivity index (χ0v) is 6.89. The zero-order chi connectivity index (χ0) is 7.90. The van der Waals surface area contributed by atoms with Gasteiger partial charge in [0.15, 0.2) is 0 Å². The van der Waals surface area contributed by atoms with Gasteiger partial charge < -0.3 is 10.2 Å². The fourth-order valence-electron chi connectivity index (χ4n) is 1.97. The Hall–Kier alpha value is -0.570. The second-order valence-corrected chi connectivity index (χ2v) is 3.79. The van der Waals surface area contributed by atoms with Crippen molar-refractivity contribution in [1.82, 2.24) is 10.2 Å². The number of likely N-dealkylation sites (tertiary alicyclic amines) is 1. The third kappa shape index (κ3) is 1.03. The number of carbonyl (C=O) groups is 1. The second kappa shape index (κ2) is 2.21. The van der Waals surface area contributed by atoms with Crippen LogP contribution in [0, 0.1) is 5.41 Å². The molecule has 2 fully saturated rings. The van der Waals surface area contributed by atoms with Crippen LogP contribution in [0.1, 0.15) is 13.3 Å². The summed E-state index contributed by atoms with van der Waals surface area (Å²) >= 11 is 0. The van der Waals surface area contributed by atoms with Crippen molar-refractivity contribution in [2.75, 3.05) is 26.2 Å². The Bertz CT molecular complexity index is 187. The molecule has 2 aliphatic heterocycles. The molecule has 2 aliphatic rings. The van der Waals surface area contributed by atoms with Gasteiger partial charge in [-0.25, -0.2) is 0 Å². The van der Waals surface area contributed by atoms with Gasteiger partial charge in [0.25, 0.3) is 0 Å². The molecule has 0 aliphatic carbocycles. The van der Waals surface area contributed by atoms with Crippen LogP contribution in [0.25, 0.3) is 0 Å². The molecule has 0 saturated carbocycles. The van der Waals surface area contributed by atoms with Gasteiger partial charge in [-0.2, -0.15) is 0 Å². The fraction of sp³-hybridized carbons (Fsp3) is 0.875. The van der Waals surface area contributed by atoms with Crippen molar-refractivity contribution < 1.29 is 4.79 Å². The highest BCUT2D eigenvalue weighted by molar-refractivity contribution is 5.73. The Balaban J connectivity index is 1.98. The lowest BCUT2D eigenvalue weighted by Gasteiger charge is -2.38. The summed E-state index contributed by atoms with van der Waals surface area (Å²) in [6, 6.07) is 0. The predicted octanol–water partition coefficient (Wildman–Crippen LogP) is -0.172. The molecular weight excluding hydrogens is 140 g/mol. The molecule has 1 spiro atoms. The maximum atomic E-state index is 11.0. The van der Waals surface area contributed by atoms with Gasteiger partial charge in [0.05, 0.1) is 0 Å². The molecule has 62 valence electrons. The van der Waals surface area contributed by atoms with Crippen molar-refractivity contribution >= 4 is 5.91 Å². The van der Waals surface area contributed by atoms with Gasteiger partial charge in [-0.3, -0.25) is 4.79 Å². The van der Waals surface area contributed by atoms with Crippen molar-refractivity contribution in [2.24, 2.45) is 5.41 Å². The molecule has 2 saturated heterocycles. The Kier molecular flexibility index (Phi) is 1.42. The lowest BCUT2D eigenvalue weighted by Crippen LogP contribution is -2.54. The van der Waals surface area contributed by atoms with E-state index in [4.69, 9.17) is 0 Å². The van der Waals surface area contributed by atoms with Crippen LogP contribution in [0.3, 0.4) is 0 Å². The molecule has 0 unspecified atom stereocenters. The largest absolute Gasteiger partial charge is 0.342 e. The summed E-state index contributed by atoms with van der Waals surface area (Å²) in [6.45, 7) is 5.82. The van der Waals surface area contributed by atoms with E-state index >= 15 is 0 Å². The maximum absolute atomic E-state index is 11.0. The molecule has 3 nitrogen and oxygen atoms in total. The Labute approximate surface area is 66.8 Å². The quantitative estimate of drug-likeness (QED) is 0.525. The van der Waals surface area contributed by atoms with E-state index in [0.717, 1.165) is 26.2 Å². The summed E-state index contributed by atoms with van der Waals surface area (Å²) in [4.78, 5) is 12.9. The number of amides is 1. The third-order valence-electron chi connectivity index (χ3n) is 2.88. The lowest BCUT2D eigenvalue weighted by molar-refractivity contribution is -0.128. The van der Waals surface area contributed by atoms with Crippen LogP contribution in [0.2, 0.25) is 0 Å². The SMILES string of the molecule is CC(=O)N1CCC2(CNC2)C1. The summed E-state index contributed by atoms with van der Waals surface area (Å²) in [7, 11) is 0. The Morgan fingerprint density at radius 1 is 1.55 bits per heavy atom. The van der Waals surface area contributed by atoms with Gasteiger partial charge >= 0.3 is 0 Å². The van der Waals surface area contributed by atoms with Gasteiger partial charge in [-0.15, -0.1) is 0 Å². The molecule has 0 radical (unpaired) electrons. The van der Waals surface area contributed by atoms with Crippen molar-refractivity contribution in [3.05, 3.63) is 0 Å². The molecule has 0 aromatic rings. The van der Waals surface area contributed by atoms with Crippen molar-refractivity contribution in [2.45, 2.75) is 13.3 Å². The molecule has 0 bridgehead atoms. The van der Waals surface area contributed by atoms with Crippen LogP contribution < -0.4 is 5.32 Å². The lowest BCUT2D eigenvalue weighted by atomic mass is 9.81. The van der Waals surface area contributed by atoms with E-state index in [0.29, 0.717) is 5.41 Å². The van der Waals surface area contributed by atoms with E-state index < -0.39 is 0 Å². The van der Waals surface area contributed by atoms with E-state index in [2.05, 4.69) is 5.32 Å². The standard InChI is InChI=1S/C8H14N2O/c1-7(11)10-3-2-8(6-10)4-9-5-8/h9H,2-6H2,1H3. The monoisotopic (exact) mass is 154 g/mol. The summed E-state index contributed by atoms with van der Waals surface area (Å²) in [6.07, 6.45) is 1.19. The molecule has 0 aromatic heterocycles. The summed E-state index contributed by atoms with van der Waals surface area (Å²) in [5, 5.41) is 3.27. The van der Waals surface area contributed by atoms with E-state index in [1.807, 2.05) is 4.90 Å². The van der Waals surface area contributed by atoms with Crippen molar-refractivity contribution in [3.8, 4) is 0 Å². The first-order chi connectivity index (χ1) is 5.22. The van der Waals surface area contributed by atoms with Crippen LogP contribution >= 0.6 is 0 Å². The molecule has 1 amide bonds. The fourth-order valence-corrected chi connectivity index (χ4v) is 1.97. The van der Waals surface area contributed by atoms with Gasteiger partial charge in [0.1, 0.15) is 0 Å². The normalized spacial score (nSPS) is 27.2. The van der Waals surface area contributed by atoms with E-state index in [9.17, 15) is 4.79 Å². The van der Waals surface area contributed by atoms with Crippen LogP contribution in [-0.4, -0.2) is 37.0 Å². The second-order valence-electron chi connectivity index (χ2n) is 3.79. The minimum atomic E-state index is 0.230. The molecule has 0 aromatic carbocycles. The van der Waals surface area contributed by atoms with Gasteiger partial charge in [-0.05, 0) is 6.42 Å².